The second-order valence-electron chi connectivity index (χ2n) is 6.83. The van der Waals surface area contributed by atoms with E-state index in [0.717, 1.165) is 50.8 Å². The highest BCUT2D eigenvalue weighted by molar-refractivity contribution is 5.69. The number of piperidine rings is 1. The molecule has 5 heteroatoms. The Morgan fingerprint density at radius 2 is 2.09 bits per heavy atom. The zero-order chi connectivity index (χ0) is 16.4. The molecule has 0 bridgehead atoms. The number of benzene rings is 1. The fourth-order valence-electron chi connectivity index (χ4n) is 4.11. The van der Waals surface area contributed by atoms with E-state index in [0.29, 0.717) is 12.1 Å². The van der Waals surface area contributed by atoms with Gasteiger partial charge in [-0.05, 0) is 62.4 Å². The summed E-state index contributed by atoms with van der Waals surface area (Å²) < 4.78 is 13.6. The van der Waals surface area contributed by atoms with Crippen LogP contribution in [0.15, 0.2) is 18.2 Å². The van der Waals surface area contributed by atoms with E-state index < -0.39 is 5.97 Å². The lowest BCUT2D eigenvalue weighted by molar-refractivity contribution is -0.138. The van der Waals surface area contributed by atoms with Gasteiger partial charge in [0.25, 0.3) is 0 Å². The van der Waals surface area contributed by atoms with Gasteiger partial charge in [0, 0.05) is 25.2 Å². The largest absolute Gasteiger partial charge is 0.480 e. The van der Waals surface area contributed by atoms with Gasteiger partial charge in [-0.3, -0.25) is 14.6 Å². The maximum Gasteiger partial charge on any atom is 0.317 e. The fourth-order valence-corrected chi connectivity index (χ4v) is 4.11. The molecule has 1 aliphatic heterocycles. The highest BCUT2D eigenvalue weighted by atomic mass is 19.1. The first-order valence-electron chi connectivity index (χ1n) is 8.49. The van der Waals surface area contributed by atoms with Crippen LogP contribution in [0.2, 0.25) is 0 Å². The first-order chi connectivity index (χ1) is 11.0. The monoisotopic (exact) mass is 320 g/mol. The third-order valence-electron chi connectivity index (χ3n) is 5.34. The summed E-state index contributed by atoms with van der Waals surface area (Å²) in [5, 5.41) is 8.92. The minimum absolute atomic E-state index is 0.0993. The number of hydrogen-bond donors (Lipinski definition) is 1. The standard InChI is InChI=1S/C18H25FN2O2/c1-20(12-18(22)23)15-7-9-21(10-8-15)17-4-2-3-13-5-6-14(19)11-16(13)17/h5-6,11,15,17H,2-4,7-10,12H2,1H3,(H,22,23). The lowest BCUT2D eigenvalue weighted by atomic mass is 9.85. The molecule has 1 fully saturated rings. The molecule has 2 aliphatic rings. The summed E-state index contributed by atoms with van der Waals surface area (Å²) in [7, 11) is 1.89. The van der Waals surface area contributed by atoms with E-state index in [1.54, 1.807) is 12.1 Å². The molecule has 0 aromatic heterocycles. The summed E-state index contributed by atoms with van der Waals surface area (Å²) in [5.74, 6) is -0.918. The normalized spacial score (nSPS) is 23.0. The van der Waals surface area contributed by atoms with Crippen LogP contribution in [0.5, 0.6) is 0 Å². The lowest BCUT2D eigenvalue weighted by Crippen LogP contribution is -2.46. The number of rotatable bonds is 4. The molecule has 0 radical (unpaired) electrons. The number of aliphatic carboxylic acids is 1. The Morgan fingerprint density at radius 3 is 2.78 bits per heavy atom. The molecule has 1 aromatic carbocycles. The topological polar surface area (TPSA) is 43.8 Å². The van der Waals surface area contributed by atoms with Gasteiger partial charge < -0.3 is 5.11 Å². The maximum atomic E-state index is 13.6. The first-order valence-corrected chi connectivity index (χ1v) is 8.49. The van der Waals surface area contributed by atoms with Crippen LogP contribution in [0.3, 0.4) is 0 Å². The summed E-state index contributed by atoms with van der Waals surface area (Å²) in [6.07, 6.45) is 5.24. The predicted molar refractivity (Wildman–Crippen MR) is 86.9 cm³/mol. The van der Waals surface area contributed by atoms with E-state index in [1.807, 2.05) is 18.0 Å². The molecule has 126 valence electrons. The van der Waals surface area contributed by atoms with Gasteiger partial charge in [0.05, 0.1) is 6.54 Å². The molecule has 3 rings (SSSR count). The number of halogens is 1. The van der Waals surface area contributed by atoms with Gasteiger partial charge in [-0.2, -0.15) is 0 Å². The first kappa shape index (κ1) is 16.4. The number of likely N-dealkylation sites (tertiary alicyclic amines) is 1. The van der Waals surface area contributed by atoms with Gasteiger partial charge in [0.2, 0.25) is 0 Å². The smallest absolute Gasteiger partial charge is 0.317 e. The molecule has 0 saturated carbocycles. The molecule has 4 nitrogen and oxygen atoms in total. The number of carbonyl (C=O) groups is 1. The summed E-state index contributed by atoms with van der Waals surface area (Å²) >= 11 is 0. The van der Waals surface area contributed by atoms with Gasteiger partial charge in [-0.15, -0.1) is 0 Å². The van der Waals surface area contributed by atoms with E-state index in [2.05, 4.69) is 4.90 Å². The molecule has 0 spiro atoms. The second-order valence-corrected chi connectivity index (χ2v) is 6.83. The van der Waals surface area contributed by atoms with Crippen molar-refractivity contribution in [1.29, 1.82) is 0 Å². The van der Waals surface area contributed by atoms with Crippen molar-refractivity contribution in [3.63, 3.8) is 0 Å². The highest BCUT2D eigenvalue weighted by Crippen LogP contribution is 2.36. The molecule has 23 heavy (non-hydrogen) atoms. The summed E-state index contributed by atoms with van der Waals surface area (Å²) in [6, 6.07) is 5.86. The SMILES string of the molecule is CN(CC(=O)O)C1CCN(C2CCCc3ccc(F)cc32)CC1. The summed E-state index contributed by atoms with van der Waals surface area (Å²) in [5.41, 5.74) is 2.45. The van der Waals surface area contributed by atoms with Gasteiger partial charge in [-0.1, -0.05) is 6.07 Å². The van der Waals surface area contributed by atoms with E-state index in [4.69, 9.17) is 5.11 Å². The Hall–Kier alpha value is -1.46. The number of likely N-dealkylation sites (N-methyl/N-ethyl adjacent to an activating group) is 1. The predicted octanol–water partition coefficient (Wildman–Crippen LogP) is 2.68. The summed E-state index contributed by atoms with van der Waals surface area (Å²) in [4.78, 5) is 15.2. The van der Waals surface area contributed by atoms with Crippen molar-refractivity contribution in [2.24, 2.45) is 0 Å². The van der Waals surface area contributed by atoms with E-state index in [9.17, 15) is 9.18 Å². The van der Waals surface area contributed by atoms with Crippen LogP contribution in [0.4, 0.5) is 4.39 Å². The number of fused-ring (bicyclic) bond motifs is 1. The Morgan fingerprint density at radius 1 is 1.35 bits per heavy atom. The number of aryl methyl sites for hydroxylation is 1. The van der Waals surface area contributed by atoms with E-state index in [-0.39, 0.29) is 12.4 Å². The zero-order valence-corrected chi connectivity index (χ0v) is 13.7. The Labute approximate surface area is 136 Å². The lowest BCUT2D eigenvalue weighted by Gasteiger charge is -2.42. The van der Waals surface area contributed by atoms with E-state index in [1.165, 1.54) is 5.56 Å². The van der Waals surface area contributed by atoms with E-state index >= 15 is 0 Å². The molecule has 1 saturated heterocycles. The molecule has 1 atom stereocenters. The average molecular weight is 320 g/mol. The van der Waals surface area contributed by atoms with Crippen LogP contribution in [0.25, 0.3) is 0 Å². The zero-order valence-electron chi connectivity index (χ0n) is 13.7. The van der Waals surface area contributed by atoms with Gasteiger partial charge in [0.15, 0.2) is 0 Å². The third kappa shape index (κ3) is 3.72. The number of carboxylic acids is 1. The van der Waals surface area contributed by atoms with Crippen LogP contribution in [-0.2, 0) is 11.2 Å². The molecule has 1 heterocycles. The molecule has 1 unspecified atom stereocenters. The van der Waals surface area contributed by atoms with Gasteiger partial charge in [0.1, 0.15) is 5.82 Å². The van der Waals surface area contributed by atoms with Crippen molar-refractivity contribution in [2.75, 3.05) is 26.7 Å². The molecule has 0 amide bonds. The van der Waals surface area contributed by atoms with Crippen molar-refractivity contribution in [3.05, 3.63) is 35.1 Å². The number of nitrogens with zero attached hydrogens (tertiary/aromatic N) is 2. The quantitative estimate of drug-likeness (QED) is 0.926. The van der Waals surface area contributed by atoms with Crippen LogP contribution in [-0.4, -0.2) is 53.6 Å². The number of hydrogen-bond acceptors (Lipinski definition) is 3. The van der Waals surface area contributed by atoms with Crippen molar-refractivity contribution < 1.29 is 14.3 Å². The second kappa shape index (κ2) is 6.97. The molecule has 1 aromatic rings. The fraction of sp³-hybridized carbons (Fsp3) is 0.611. The van der Waals surface area contributed by atoms with Gasteiger partial charge in [-0.25, -0.2) is 4.39 Å². The molecule has 1 aliphatic carbocycles. The Kier molecular flexibility index (Phi) is 4.97. The third-order valence-corrected chi connectivity index (χ3v) is 5.34. The average Bonchev–Trinajstić information content (AvgIpc) is 2.54. The van der Waals surface area contributed by atoms with Crippen molar-refractivity contribution in [1.82, 2.24) is 9.80 Å². The van der Waals surface area contributed by atoms with Crippen LogP contribution < -0.4 is 0 Å². The summed E-state index contributed by atoms with van der Waals surface area (Å²) in [6.45, 7) is 2.01. The van der Waals surface area contributed by atoms with Crippen molar-refractivity contribution in [3.8, 4) is 0 Å². The minimum atomic E-state index is -0.772. The number of carboxylic acid groups (broad SMARTS) is 1. The van der Waals surface area contributed by atoms with Gasteiger partial charge >= 0.3 is 5.97 Å². The van der Waals surface area contributed by atoms with Crippen LogP contribution in [0.1, 0.15) is 42.9 Å². The van der Waals surface area contributed by atoms with Crippen LogP contribution in [0, 0.1) is 5.82 Å². The molecular weight excluding hydrogens is 295 g/mol. The van der Waals surface area contributed by atoms with Crippen LogP contribution >= 0.6 is 0 Å². The molecular formula is C18H25FN2O2. The van der Waals surface area contributed by atoms with Crippen molar-refractivity contribution in [2.45, 2.75) is 44.2 Å². The molecule has 1 N–H and O–H groups in total. The highest BCUT2D eigenvalue weighted by Gasteiger charge is 2.31. The maximum absolute atomic E-state index is 13.6. The Bertz CT molecular complexity index is 570. The minimum Gasteiger partial charge on any atom is -0.480 e. The van der Waals surface area contributed by atoms with Crippen molar-refractivity contribution >= 4 is 5.97 Å². The Balaban J connectivity index is 1.65.